The Morgan fingerprint density at radius 3 is 2.46 bits per heavy atom. The number of carbonyl (C=O) groups excluding carboxylic acids is 1. The number of nitrogens with one attached hydrogen (secondary N) is 1. The Morgan fingerprint density at radius 1 is 1.04 bits per heavy atom. The SMILES string of the molecule is CCOc1ccc(Oc2ccccc2NC(=O)c2ccc(Cl)nc2)cc1. The summed E-state index contributed by atoms with van der Waals surface area (Å²) in [6.45, 7) is 2.54. The van der Waals surface area contributed by atoms with Crippen LogP contribution in [0.4, 0.5) is 5.69 Å². The zero-order chi connectivity index (χ0) is 18.4. The highest BCUT2D eigenvalue weighted by Crippen LogP contribution is 2.30. The Kier molecular flexibility index (Phi) is 5.71. The third kappa shape index (κ3) is 4.52. The molecule has 2 aromatic carbocycles. The third-order valence-corrected chi connectivity index (χ3v) is 3.71. The van der Waals surface area contributed by atoms with Gasteiger partial charge in [-0.05, 0) is 55.5 Å². The number of halogens is 1. The van der Waals surface area contributed by atoms with Gasteiger partial charge in [-0.25, -0.2) is 4.98 Å². The van der Waals surface area contributed by atoms with Crippen molar-refractivity contribution in [1.82, 2.24) is 4.98 Å². The Morgan fingerprint density at radius 2 is 1.77 bits per heavy atom. The Hall–Kier alpha value is -3.05. The number of anilines is 1. The monoisotopic (exact) mass is 368 g/mol. The summed E-state index contributed by atoms with van der Waals surface area (Å²) in [5, 5.41) is 3.16. The van der Waals surface area contributed by atoms with E-state index in [1.165, 1.54) is 6.20 Å². The van der Waals surface area contributed by atoms with Crippen molar-refractivity contribution in [2.24, 2.45) is 0 Å². The van der Waals surface area contributed by atoms with Crippen LogP contribution in [0.25, 0.3) is 0 Å². The first-order valence-corrected chi connectivity index (χ1v) is 8.46. The van der Waals surface area contributed by atoms with Crippen LogP contribution in [-0.4, -0.2) is 17.5 Å². The molecule has 0 spiro atoms. The number of hydrogen-bond acceptors (Lipinski definition) is 4. The van der Waals surface area contributed by atoms with Crippen molar-refractivity contribution in [3.63, 3.8) is 0 Å². The van der Waals surface area contributed by atoms with Gasteiger partial charge in [0.2, 0.25) is 0 Å². The van der Waals surface area contributed by atoms with E-state index in [4.69, 9.17) is 21.1 Å². The van der Waals surface area contributed by atoms with Gasteiger partial charge >= 0.3 is 0 Å². The summed E-state index contributed by atoms with van der Waals surface area (Å²) in [4.78, 5) is 16.3. The van der Waals surface area contributed by atoms with E-state index in [9.17, 15) is 4.79 Å². The molecule has 3 aromatic rings. The van der Waals surface area contributed by atoms with Crippen LogP contribution in [-0.2, 0) is 0 Å². The van der Waals surface area contributed by atoms with Crippen molar-refractivity contribution in [1.29, 1.82) is 0 Å². The number of nitrogens with zero attached hydrogens (tertiary/aromatic N) is 1. The fourth-order valence-corrected chi connectivity index (χ4v) is 2.37. The summed E-state index contributed by atoms with van der Waals surface area (Å²) in [5.74, 6) is 1.66. The Balaban J connectivity index is 1.75. The molecular formula is C20H17ClN2O3. The van der Waals surface area contributed by atoms with Crippen LogP contribution in [0.1, 0.15) is 17.3 Å². The second-order valence-electron chi connectivity index (χ2n) is 5.33. The topological polar surface area (TPSA) is 60.5 Å². The first-order valence-electron chi connectivity index (χ1n) is 8.08. The predicted octanol–water partition coefficient (Wildman–Crippen LogP) is 5.18. The maximum atomic E-state index is 12.4. The van der Waals surface area contributed by atoms with Gasteiger partial charge in [0, 0.05) is 6.20 Å². The maximum absolute atomic E-state index is 12.4. The molecule has 0 aliphatic rings. The van der Waals surface area contributed by atoms with Crippen LogP contribution in [0.2, 0.25) is 5.15 Å². The molecule has 5 nitrogen and oxygen atoms in total. The molecule has 1 heterocycles. The van der Waals surface area contributed by atoms with Gasteiger partial charge in [-0.15, -0.1) is 0 Å². The average Bonchev–Trinajstić information content (AvgIpc) is 2.65. The lowest BCUT2D eigenvalue weighted by Gasteiger charge is -2.12. The van der Waals surface area contributed by atoms with E-state index in [1.54, 1.807) is 24.3 Å². The predicted molar refractivity (Wildman–Crippen MR) is 101 cm³/mol. The zero-order valence-corrected chi connectivity index (χ0v) is 14.9. The Labute approximate surface area is 156 Å². The fraction of sp³-hybridized carbons (Fsp3) is 0.100. The molecule has 0 aliphatic heterocycles. The number of benzene rings is 2. The van der Waals surface area contributed by atoms with Gasteiger partial charge in [0.25, 0.3) is 5.91 Å². The normalized spacial score (nSPS) is 10.2. The minimum atomic E-state index is -0.295. The summed E-state index contributed by atoms with van der Waals surface area (Å²) < 4.78 is 11.3. The summed E-state index contributed by atoms with van der Waals surface area (Å²) in [7, 11) is 0. The van der Waals surface area contributed by atoms with Crippen molar-refractivity contribution < 1.29 is 14.3 Å². The molecule has 3 rings (SSSR count). The quantitative estimate of drug-likeness (QED) is 0.609. The van der Waals surface area contributed by atoms with E-state index in [2.05, 4.69) is 10.3 Å². The van der Waals surface area contributed by atoms with Crippen LogP contribution in [0.5, 0.6) is 17.2 Å². The van der Waals surface area contributed by atoms with Crippen LogP contribution in [0.15, 0.2) is 66.9 Å². The summed E-state index contributed by atoms with van der Waals surface area (Å²) in [5.41, 5.74) is 0.964. The van der Waals surface area contributed by atoms with Gasteiger partial charge < -0.3 is 14.8 Å². The Bertz CT molecular complexity index is 880. The van der Waals surface area contributed by atoms with Gasteiger partial charge in [-0.2, -0.15) is 0 Å². The molecule has 0 aliphatic carbocycles. The lowest BCUT2D eigenvalue weighted by Crippen LogP contribution is -2.12. The number of para-hydroxylation sites is 2. The number of carbonyl (C=O) groups is 1. The lowest BCUT2D eigenvalue weighted by molar-refractivity contribution is 0.102. The number of pyridine rings is 1. The highest BCUT2D eigenvalue weighted by atomic mass is 35.5. The smallest absolute Gasteiger partial charge is 0.257 e. The number of hydrogen-bond donors (Lipinski definition) is 1. The largest absolute Gasteiger partial charge is 0.494 e. The molecule has 1 aromatic heterocycles. The van der Waals surface area contributed by atoms with E-state index in [0.29, 0.717) is 34.5 Å². The molecule has 26 heavy (non-hydrogen) atoms. The van der Waals surface area contributed by atoms with Crippen LogP contribution in [0, 0.1) is 0 Å². The third-order valence-electron chi connectivity index (χ3n) is 3.49. The summed E-state index contributed by atoms with van der Waals surface area (Å²) in [6, 6.07) is 17.7. The van der Waals surface area contributed by atoms with E-state index in [-0.39, 0.29) is 5.91 Å². The molecule has 1 amide bonds. The van der Waals surface area contributed by atoms with Gasteiger partial charge in [0.1, 0.15) is 16.7 Å². The molecule has 0 bridgehead atoms. The van der Waals surface area contributed by atoms with Crippen LogP contribution < -0.4 is 14.8 Å². The summed E-state index contributed by atoms with van der Waals surface area (Å²) >= 11 is 5.75. The highest BCUT2D eigenvalue weighted by Gasteiger charge is 2.11. The first kappa shape index (κ1) is 17.8. The highest BCUT2D eigenvalue weighted by molar-refractivity contribution is 6.29. The molecule has 1 N–H and O–H groups in total. The molecule has 0 unspecified atom stereocenters. The van der Waals surface area contributed by atoms with Crippen molar-refractivity contribution in [3.8, 4) is 17.2 Å². The molecule has 6 heteroatoms. The van der Waals surface area contributed by atoms with Crippen molar-refractivity contribution in [2.45, 2.75) is 6.92 Å². The molecule has 0 fully saturated rings. The van der Waals surface area contributed by atoms with Crippen LogP contribution in [0.3, 0.4) is 0 Å². The minimum Gasteiger partial charge on any atom is -0.494 e. The second-order valence-corrected chi connectivity index (χ2v) is 5.71. The number of rotatable bonds is 6. The second kappa shape index (κ2) is 8.36. The molecular weight excluding hydrogens is 352 g/mol. The van der Waals surface area contributed by atoms with E-state index in [1.807, 2.05) is 43.3 Å². The lowest BCUT2D eigenvalue weighted by atomic mass is 10.2. The maximum Gasteiger partial charge on any atom is 0.257 e. The van der Waals surface area contributed by atoms with Gasteiger partial charge in [-0.3, -0.25) is 4.79 Å². The van der Waals surface area contributed by atoms with E-state index < -0.39 is 0 Å². The summed E-state index contributed by atoms with van der Waals surface area (Å²) in [6.07, 6.45) is 1.42. The van der Waals surface area contributed by atoms with Crippen molar-refractivity contribution in [3.05, 3.63) is 77.6 Å². The zero-order valence-electron chi connectivity index (χ0n) is 14.1. The number of aromatic nitrogens is 1. The minimum absolute atomic E-state index is 0.295. The molecule has 0 saturated heterocycles. The molecule has 0 atom stereocenters. The molecule has 0 saturated carbocycles. The average molecular weight is 369 g/mol. The standard InChI is InChI=1S/C20H17ClN2O3/c1-2-25-15-8-10-16(11-9-15)26-18-6-4-3-5-17(18)23-20(24)14-7-12-19(21)22-13-14/h3-13H,2H2,1H3,(H,23,24). The first-order chi connectivity index (χ1) is 12.7. The number of ether oxygens (including phenoxy) is 2. The fourth-order valence-electron chi connectivity index (χ4n) is 2.26. The number of amides is 1. The van der Waals surface area contributed by atoms with Gasteiger partial charge in [0.15, 0.2) is 5.75 Å². The van der Waals surface area contributed by atoms with Gasteiger partial charge in [-0.1, -0.05) is 23.7 Å². The van der Waals surface area contributed by atoms with Gasteiger partial charge in [0.05, 0.1) is 17.9 Å². The van der Waals surface area contributed by atoms with Crippen molar-refractivity contribution >= 4 is 23.2 Å². The molecule has 132 valence electrons. The van der Waals surface area contributed by atoms with Crippen molar-refractivity contribution in [2.75, 3.05) is 11.9 Å². The molecule has 0 radical (unpaired) electrons. The van der Waals surface area contributed by atoms with E-state index in [0.717, 1.165) is 5.75 Å². The van der Waals surface area contributed by atoms with E-state index >= 15 is 0 Å². The van der Waals surface area contributed by atoms with Crippen LogP contribution >= 0.6 is 11.6 Å².